The number of fused-ring (bicyclic) bond motifs is 1. The number of aliphatic hydroxyl groups excluding tert-OH is 1. The fraction of sp³-hybridized carbons (Fsp3) is 0.286. The number of oxazole rings is 1. The molecule has 1 aliphatic rings. The third kappa shape index (κ3) is 3.57. The van der Waals surface area contributed by atoms with E-state index in [1.54, 1.807) is 30.1 Å². The van der Waals surface area contributed by atoms with E-state index < -0.39 is 12.0 Å². The monoisotopic (exact) mass is 453 g/mol. The number of β-amino-alcohol motifs (C(OH)–C–C–N with tert-alkyl or cyclic N) is 1. The second-order valence-electron chi connectivity index (χ2n) is 7.67. The summed E-state index contributed by atoms with van der Waals surface area (Å²) in [6, 6.07) is 5.39. The molecule has 1 N–H and O–H groups in total. The highest BCUT2D eigenvalue weighted by Crippen LogP contribution is 2.37. The molecule has 3 aromatic heterocycles. The number of aromatic nitrogens is 5. The maximum atomic E-state index is 13.2. The van der Waals surface area contributed by atoms with Gasteiger partial charge in [-0.2, -0.15) is 5.10 Å². The summed E-state index contributed by atoms with van der Waals surface area (Å²) in [5, 5.41) is 15.2. The molecule has 0 spiro atoms. The van der Waals surface area contributed by atoms with E-state index in [-0.39, 0.29) is 11.6 Å². The average molecular weight is 454 g/mol. The number of carbonyl (C=O) groups is 1. The lowest BCUT2D eigenvalue weighted by Crippen LogP contribution is -2.27. The van der Waals surface area contributed by atoms with Crippen molar-refractivity contribution in [1.29, 1.82) is 0 Å². The van der Waals surface area contributed by atoms with E-state index in [1.165, 1.54) is 6.26 Å². The Labute approximate surface area is 188 Å². The lowest BCUT2D eigenvalue weighted by Gasteiger charge is -2.24. The first-order valence-corrected chi connectivity index (χ1v) is 10.4. The molecule has 1 aromatic carbocycles. The highest BCUT2D eigenvalue weighted by Gasteiger charge is 2.28. The van der Waals surface area contributed by atoms with E-state index in [9.17, 15) is 9.90 Å². The van der Waals surface area contributed by atoms with E-state index >= 15 is 0 Å². The summed E-state index contributed by atoms with van der Waals surface area (Å²) in [6.07, 6.45) is 4.82. The number of benzene rings is 1. The quantitative estimate of drug-likeness (QED) is 0.469. The molecule has 0 unspecified atom stereocenters. The smallest absolute Gasteiger partial charge is 0.294 e. The average Bonchev–Trinajstić information content (AvgIpc) is 3.52. The lowest BCUT2D eigenvalue weighted by molar-refractivity contribution is 0.100. The molecule has 4 aromatic rings. The number of carbonyl (C=O) groups excluding carboxylic acids is 1. The van der Waals surface area contributed by atoms with Gasteiger partial charge in [0, 0.05) is 43.5 Å². The predicted molar refractivity (Wildman–Crippen MR) is 118 cm³/mol. The number of aryl methyl sites for hydroxylation is 2. The largest absolute Gasteiger partial charge is 0.442 e. The first-order valence-electron chi connectivity index (χ1n) is 10.1. The van der Waals surface area contributed by atoms with Crippen LogP contribution in [0.4, 0.5) is 11.4 Å². The van der Waals surface area contributed by atoms with Crippen LogP contribution in [0.25, 0.3) is 22.5 Å². The molecular formula is C21H20ClN7O3. The third-order valence-corrected chi connectivity index (χ3v) is 5.79. The molecule has 1 aliphatic heterocycles. The van der Waals surface area contributed by atoms with Crippen LogP contribution in [0.5, 0.6) is 0 Å². The van der Waals surface area contributed by atoms with E-state index in [1.807, 2.05) is 24.1 Å². The highest BCUT2D eigenvalue weighted by atomic mass is 35.5. The fourth-order valence-electron chi connectivity index (χ4n) is 3.82. The topological polar surface area (TPSA) is 113 Å². The first kappa shape index (κ1) is 20.4. The van der Waals surface area contributed by atoms with Gasteiger partial charge in [0.05, 0.1) is 29.2 Å². The van der Waals surface area contributed by atoms with Crippen molar-refractivity contribution in [2.75, 3.05) is 22.4 Å². The number of rotatable bonds is 4. The van der Waals surface area contributed by atoms with Crippen LogP contribution in [0.15, 0.2) is 41.3 Å². The molecule has 1 amide bonds. The van der Waals surface area contributed by atoms with Gasteiger partial charge >= 0.3 is 0 Å². The Kier molecular flexibility index (Phi) is 5.03. The zero-order chi connectivity index (χ0) is 22.4. The molecule has 5 rings (SSSR count). The molecule has 1 atom stereocenters. The lowest BCUT2D eigenvalue weighted by atomic mass is 10.1. The molecule has 1 fully saturated rings. The minimum Gasteiger partial charge on any atom is -0.442 e. The van der Waals surface area contributed by atoms with Crippen LogP contribution in [0, 0.1) is 6.92 Å². The predicted octanol–water partition coefficient (Wildman–Crippen LogP) is 2.70. The van der Waals surface area contributed by atoms with Crippen LogP contribution in [-0.4, -0.2) is 54.9 Å². The van der Waals surface area contributed by atoms with Crippen LogP contribution in [0.2, 0.25) is 0 Å². The van der Waals surface area contributed by atoms with Crippen LogP contribution in [0.3, 0.4) is 0 Å². The molecule has 0 bridgehead atoms. The van der Waals surface area contributed by atoms with Gasteiger partial charge in [-0.1, -0.05) is 0 Å². The maximum Gasteiger partial charge on any atom is 0.294 e. The van der Waals surface area contributed by atoms with Crippen LogP contribution in [0.1, 0.15) is 22.7 Å². The second kappa shape index (κ2) is 7.88. The van der Waals surface area contributed by atoms with Gasteiger partial charge in [0.15, 0.2) is 5.69 Å². The van der Waals surface area contributed by atoms with Gasteiger partial charge in [-0.3, -0.25) is 9.48 Å². The highest BCUT2D eigenvalue weighted by molar-refractivity contribution is 6.40. The van der Waals surface area contributed by atoms with Crippen molar-refractivity contribution in [1.82, 2.24) is 24.7 Å². The minimum absolute atomic E-state index is 0.0452. The summed E-state index contributed by atoms with van der Waals surface area (Å²) < 4.78 is 8.21. The Morgan fingerprint density at radius 2 is 2.19 bits per heavy atom. The summed E-state index contributed by atoms with van der Waals surface area (Å²) in [4.78, 5) is 27.8. The van der Waals surface area contributed by atoms with E-state index in [0.717, 1.165) is 21.0 Å². The van der Waals surface area contributed by atoms with Crippen molar-refractivity contribution >= 4 is 40.0 Å². The SMILES string of the molecule is Cc1nccc(-c2nc(C(=O)N(Cl)c3cc4c(cnn4C)cc3N3CC[C@H](O)C3)co2)n1. The number of halogens is 1. The zero-order valence-corrected chi connectivity index (χ0v) is 18.2. The van der Waals surface area contributed by atoms with Gasteiger partial charge in [-0.15, -0.1) is 0 Å². The molecule has 0 saturated carbocycles. The molecule has 11 heteroatoms. The number of nitrogens with zero attached hydrogens (tertiary/aromatic N) is 7. The Morgan fingerprint density at radius 1 is 1.34 bits per heavy atom. The Hall–Kier alpha value is -3.50. The standard InChI is InChI=1S/C21H20ClN7O3/c1-12-23-5-3-15(25-12)20-26-16(11-32-20)21(31)29(22)19-8-17-13(9-24-27(17)2)7-18(19)28-6-4-14(30)10-28/h3,5,7-9,11,14,30H,4,6,10H2,1-2H3/t14-/m0/s1. The first-order chi connectivity index (χ1) is 15.4. The fourth-order valence-corrected chi connectivity index (χ4v) is 4.04. The minimum atomic E-state index is -0.546. The van der Waals surface area contributed by atoms with Crippen molar-refractivity contribution in [2.24, 2.45) is 7.05 Å². The summed E-state index contributed by atoms with van der Waals surface area (Å²) in [6.45, 7) is 2.86. The van der Waals surface area contributed by atoms with E-state index in [4.69, 9.17) is 16.2 Å². The van der Waals surface area contributed by atoms with Gasteiger partial charge < -0.3 is 14.4 Å². The molecule has 1 saturated heterocycles. The molecule has 32 heavy (non-hydrogen) atoms. The van der Waals surface area contributed by atoms with Crippen molar-refractivity contribution in [2.45, 2.75) is 19.4 Å². The molecule has 10 nitrogen and oxygen atoms in total. The number of hydrogen-bond donors (Lipinski definition) is 1. The van der Waals surface area contributed by atoms with E-state index in [2.05, 4.69) is 20.1 Å². The summed E-state index contributed by atoms with van der Waals surface area (Å²) in [5.74, 6) is 0.221. The molecule has 164 valence electrons. The second-order valence-corrected chi connectivity index (χ2v) is 8.01. The van der Waals surface area contributed by atoms with Crippen molar-refractivity contribution in [3.8, 4) is 11.6 Å². The zero-order valence-electron chi connectivity index (χ0n) is 17.4. The van der Waals surface area contributed by atoms with Crippen molar-refractivity contribution < 1.29 is 14.3 Å². The van der Waals surface area contributed by atoms with Gasteiger partial charge in [-0.05, 0) is 31.5 Å². The number of amides is 1. The Bertz CT molecular complexity index is 1320. The number of aliphatic hydroxyl groups is 1. The molecule has 4 heterocycles. The van der Waals surface area contributed by atoms with Gasteiger partial charge in [0.25, 0.3) is 5.91 Å². The Balaban J connectivity index is 1.52. The molecule has 0 radical (unpaired) electrons. The summed E-state index contributed by atoms with van der Waals surface area (Å²) >= 11 is 6.57. The number of hydrogen-bond acceptors (Lipinski definition) is 8. The van der Waals surface area contributed by atoms with Crippen molar-refractivity contribution in [3.63, 3.8) is 0 Å². The van der Waals surface area contributed by atoms with Crippen LogP contribution >= 0.6 is 11.8 Å². The number of anilines is 2. The van der Waals surface area contributed by atoms with Gasteiger partial charge in [0.1, 0.15) is 17.8 Å². The van der Waals surface area contributed by atoms with E-state index in [0.29, 0.717) is 36.7 Å². The van der Waals surface area contributed by atoms with Crippen molar-refractivity contribution in [3.05, 3.63) is 48.4 Å². The Morgan fingerprint density at radius 3 is 2.94 bits per heavy atom. The van der Waals surface area contributed by atoms with Crippen LogP contribution in [-0.2, 0) is 7.05 Å². The maximum absolute atomic E-state index is 13.2. The third-order valence-electron chi connectivity index (χ3n) is 5.45. The summed E-state index contributed by atoms with van der Waals surface area (Å²) in [7, 11) is 1.82. The van der Waals surface area contributed by atoms with Crippen LogP contribution < -0.4 is 9.32 Å². The van der Waals surface area contributed by atoms with Gasteiger partial charge in [-0.25, -0.2) is 19.4 Å². The molecule has 0 aliphatic carbocycles. The van der Waals surface area contributed by atoms with Gasteiger partial charge in [0.2, 0.25) is 5.89 Å². The molecular weight excluding hydrogens is 434 g/mol. The normalized spacial score (nSPS) is 16.1. The summed E-state index contributed by atoms with van der Waals surface area (Å²) in [5.41, 5.74) is 2.55.